The molecule has 0 amide bonds. The van der Waals surface area contributed by atoms with Crippen LogP contribution in [0.2, 0.25) is 0 Å². The van der Waals surface area contributed by atoms with Crippen LogP contribution in [0.3, 0.4) is 0 Å². The molecule has 0 N–H and O–H groups in total. The summed E-state index contributed by atoms with van der Waals surface area (Å²) in [6, 6.07) is 31.7. The number of para-hydroxylation sites is 2. The average Bonchev–Trinajstić information content (AvgIpc) is 3.20. The maximum atomic E-state index is 14.5. The van der Waals surface area contributed by atoms with Crippen LogP contribution >= 0.6 is 15.8 Å². The number of halogens is 10. The maximum absolute atomic E-state index is 14.5. The highest BCUT2D eigenvalue weighted by Gasteiger charge is 2.29. The third kappa shape index (κ3) is 7.96. The highest BCUT2D eigenvalue weighted by molar-refractivity contribution is 7.76. The van der Waals surface area contributed by atoms with E-state index in [1.807, 2.05) is 60.7 Å². The van der Waals surface area contributed by atoms with Gasteiger partial charge in [-0.2, -0.15) is 0 Å². The molecule has 2 unspecified atom stereocenters. The molecule has 2 nitrogen and oxygen atoms in total. The molecule has 0 aliphatic carbocycles. The van der Waals surface area contributed by atoms with Crippen LogP contribution in [-0.4, -0.2) is 12.3 Å². The summed E-state index contributed by atoms with van der Waals surface area (Å²) in [6.45, 7) is -1.91. The third-order valence-electron chi connectivity index (χ3n) is 8.34. The summed E-state index contributed by atoms with van der Waals surface area (Å²) in [6.07, 6.45) is 0.906. The van der Waals surface area contributed by atoms with Crippen molar-refractivity contribution in [2.45, 2.75) is 13.2 Å². The molecule has 278 valence electrons. The van der Waals surface area contributed by atoms with E-state index >= 15 is 0 Å². The van der Waals surface area contributed by atoms with Crippen LogP contribution in [0, 0.1) is 58.2 Å². The third-order valence-corrected chi connectivity index (χ3v) is 13.8. The lowest BCUT2D eigenvalue weighted by molar-refractivity contribution is 0.281. The van der Waals surface area contributed by atoms with Gasteiger partial charge in [0.25, 0.3) is 0 Å². The second-order valence-electron chi connectivity index (χ2n) is 11.6. The first-order valence-electron chi connectivity index (χ1n) is 16.1. The van der Waals surface area contributed by atoms with Crippen molar-refractivity contribution in [3.05, 3.63) is 178 Å². The molecule has 0 spiro atoms. The number of hydrogen-bond donors (Lipinski definition) is 0. The van der Waals surface area contributed by atoms with Gasteiger partial charge in [0, 0.05) is 10.6 Å². The molecule has 54 heavy (non-hydrogen) atoms. The fraction of sp³-hybridized carbons (Fsp3) is 0.100. The van der Waals surface area contributed by atoms with Crippen LogP contribution in [0.4, 0.5) is 43.9 Å². The Morgan fingerprint density at radius 2 is 0.611 bits per heavy atom. The van der Waals surface area contributed by atoms with Gasteiger partial charge in [0.2, 0.25) is 11.6 Å². The van der Waals surface area contributed by atoms with Gasteiger partial charge < -0.3 is 9.47 Å². The number of rotatable bonds is 13. The van der Waals surface area contributed by atoms with Gasteiger partial charge in [0.15, 0.2) is 46.5 Å². The van der Waals surface area contributed by atoms with E-state index < -0.39 is 98.4 Å². The predicted octanol–water partition coefficient (Wildman–Crippen LogP) is 9.80. The van der Waals surface area contributed by atoms with Crippen LogP contribution in [0.25, 0.3) is 0 Å². The van der Waals surface area contributed by atoms with Crippen LogP contribution in [0.15, 0.2) is 109 Å². The van der Waals surface area contributed by atoms with E-state index in [0.29, 0.717) is 22.9 Å². The summed E-state index contributed by atoms with van der Waals surface area (Å²) in [5.41, 5.74) is -2.25. The Labute approximate surface area is 305 Å². The summed E-state index contributed by atoms with van der Waals surface area (Å²) < 4.78 is 153. The van der Waals surface area contributed by atoms with E-state index in [0.717, 1.165) is 10.6 Å². The summed E-state index contributed by atoms with van der Waals surface area (Å²) in [5.74, 6) is -20.6. The molecule has 6 aromatic rings. The molecule has 0 fully saturated rings. The molecule has 0 saturated carbocycles. The summed E-state index contributed by atoms with van der Waals surface area (Å²) in [4.78, 5) is 0. The zero-order valence-corrected chi connectivity index (χ0v) is 29.5. The molecule has 2 atom stereocenters. The molecule has 0 saturated heterocycles. The smallest absolute Gasteiger partial charge is 0.200 e. The van der Waals surface area contributed by atoms with E-state index in [4.69, 9.17) is 9.47 Å². The van der Waals surface area contributed by atoms with Crippen LogP contribution in [-0.2, 0) is 13.2 Å². The standard InChI is InChI=1S/C40H26F10O2P2/c41-31-25(32(42)36(46)39(49)35(31)45)21-51-27-15-7-9-17-29(27)53(23-11-3-1-4-12-23)19-20-54(24-13-5-2-6-14-24)30-18-10-8-16-28(30)52-22-26-33(43)37(47)40(50)38(48)34(26)44/h1-18H,19-22H2. The van der Waals surface area contributed by atoms with E-state index in [1.165, 1.54) is 12.1 Å². The predicted molar refractivity (Wildman–Crippen MR) is 189 cm³/mol. The van der Waals surface area contributed by atoms with Gasteiger partial charge >= 0.3 is 0 Å². The largest absolute Gasteiger partial charge is 0.488 e. The lowest BCUT2D eigenvalue weighted by Crippen LogP contribution is -2.22. The Kier molecular flexibility index (Phi) is 12.2. The molecule has 0 radical (unpaired) electrons. The van der Waals surface area contributed by atoms with Crippen LogP contribution in [0.5, 0.6) is 11.5 Å². The lowest BCUT2D eigenvalue weighted by Gasteiger charge is -2.26. The first kappa shape index (κ1) is 38.8. The molecule has 0 aliphatic heterocycles. The van der Waals surface area contributed by atoms with Crippen molar-refractivity contribution in [3.63, 3.8) is 0 Å². The molecule has 0 heterocycles. The first-order valence-corrected chi connectivity index (χ1v) is 19.1. The summed E-state index contributed by atoms with van der Waals surface area (Å²) in [7, 11) is -2.67. The molecule has 14 heteroatoms. The average molecular weight is 791 g/mol. The van der Waals surface area contributed by atoms with Gasteiger partial charge in [-0.25, -0.2) is 43.9 Å². The van der Waals surface area contributed by atoms with Crippen LogP contribution in [0.1, 0.15) is 11.1 Å². The SMILES string of the molecule is Fc1c(F)c(F)c(COc2ccccc2P(CCP(c2ccccc2)c2ccccc2OCc2c(F)c(F)c(F)c(F)c2F)c2ccccc2)c(F)c1F. The van der Waals surface area contributed by atoms with Gasteiger partial charge in [0.05, 0.1) is 11.1 Å². The van der Waals surface area contributed by atoms with Crippen molar-refractivity contribution in [3.8, 4) is 11.5 Å². The number of ether oxygens (including phenoxy) is 2. The molecule has 6 rings (SSSR count). The Bertz CT molecular complexity index is 2060. The minimum Gasteiger partial charge on any atom is -0.488 e. The van der Waals surface area contributed by atoms with Crippen molar-refractivity contribution in [1.82, 2.24) is 0 Å². The monoisotopic (exact) mass is 790 g/mol. The molecular formula is C40H26F10O2P2. The molecular weight excluding hydrogens is 764 g/mol. The van der Waals surface area contributed by atoms with E-state index in [9.17, 15) is 43.9 Å². The van der Waals surface area contributed by atoms with Gasteiger partial charge in [-0.15, -0.1) is 0 Å². The second-order valence-corrected chi connectivity index (χ2v) is 16.2. The fourth-order valence-corrected chi connectivity index (χ4v) is 11.2. The van der Waals surface area contributed by atoms with Crippen molar-refractivity contribution in [1.29, 1.82) is 0 Å². The van der Waals surface area contributed by atoms with Crippen molar-refractivity contribution in [2.75, 3.05) is 12.3 Å². The van der Waals surface area contributed by atoms with Crippen molar-refractivity contribution in [2.24, 2.45) is 0 Å². The fourth-order valence-electron chi connectivity index (χ4n) is 5.65. The lowest BCUT2D eigenvalue weighted by atomic mass is 10.2. The normalized spacial score (nSPS) is 12.4. The highest BCUT2D eigenvalue weighted by Crippen LogP contribution is 2.44. The Balaban J connectivity index is 1.34. The van der Waals surface area contributed by atoms with Gasteiger partial charge in [-0.3, -0.25) is 0 Å². The molecule has 0 bridgehead atoms. The topological polar surface area (TPSA) is 18.5 Å². The number of hydrogen-bond acceptors (Lipinski definition) is 2. The molecule has 6 aromatic carbocycles. The minimum absolute atomic E-state index is 0.159. The Hall–Kier alpha value is -4.92. The highest BCUT2D eigenvalue weighted by atomic mass is 31.1. The summed E-state index contributed by atoms with van der Waals surface area (Å²) in [5, 5.41) is 2.97. The van der Waals surface area contributed by atoms with E-state index in [-0.39, 0.29) is 11.5 Å². The van der Waals surface area contributed by atoms with Crippen molar-refractivity contribution >= 4 is 37.1 Å². The number of benzene rings is 6. The zero-order valence-electron chi connectivity index (χ0n) is 27.7. The Morgan fingerprint density at radius 3 is 0.944 bits per heavy atom. The summed E-state index contributed by atoms with van der Waals surface area (Å²) >= 11 is 0. The Morgan fingerprint density at radius 1 is 0.333 bits per heavy atom. The molecule has 0 aliphatic rings. The minimum atomic E-state index is -2.28. The zero-order chi connectivity index (χ0) is 38.5. The van der Waals surface area contributed by atoms with Crippen LogP contribution < -0.4 is 30.7 Å². The van der Waals surface area contributed by atoms with E-state index in [1.54, 1.807) is 36.4 Å². The molecule has 0 aromatic heterocycles. The first-order chi connectivity index (χ1) is 26.0. The quantitative estimate of drug-likeness (QED) is 0.0503. The van der Waals surface area contributed by atoms with Gasteiger partial charge in [-0.05, 0) is 50.9 Å². The second kappa shape index (κ2) is 17.0. The van der Waals surface area contributed by atoms with Gasteiger partial charge in [-0.1, -0.05) is 97.1 Å². The van der Waals surface area contributed by atoms with Crippen molar-refractivity contribution < 1.29 is 53.4 Å². The maximum Gasteiger partial charge on any atom is 0.200 e. The van der Waals surface area contributed by atoms with E-state index in [2.05, 4.69) is 0 Å². The van der Waals surface area contributed by atoms with Gasteiger partial charge in [0.1, 0.15) is 24.7 Å².